The van der Waals surface area contributed by atoms with Crippen LogP contribution in [0.2, 0.25) is 0 Å². The van der Waals surface area contributed by atoms with Gasteiger partial charge < -0.3 is 15.3 Å². The van der Waals surface area contributed by atoms with Crippen LogP contribution in [0.25, 0.3) is 0 Å². The molecule has 0 aliphatic rings. The van der Waals surface area contributed by atoms with E-state index >= 15 is 0 Å². The molecule has 1 rings (SSSR count). The van der Waals surface area contributed by atoms with Gasteiger partial charge in [-0.05, 0) is 49.3 Å². The first-order valence-electron chi connectivity index (χ1n) is 7.51. The van der Waals surface area contributed by atoms with Gasteiger partial charge in [0.2, 0.25) is 0 Å². The molecule has 0 saturated heterocycles. The zero-order valence-electron chi connectivity index (χ0n) is 12.9. The molecule has 0 radical (unpaired) electrons. The summed E-state index contributed by atoms with van der Waals surface area (Å²) in [5.41, 5.74) is 2.20. The van der Waals surface area contributed by atoms with Crippen LogP contribution in [0.3, 0.4) is 0 Å². The second-order valence-electron chi connectivity index (χ2n) is 5.30. The highest BCUT2D eigenvalue weighted by molar-refractivity contribution is 5.87. The lowest BCUT2D eigenvalue weighted by Gasteiger charge is -2.10. The number of carboxylic acids is 1. The Hall–Kier alpha value is -1.68. The highest BCUT2D eigenvalue weighted by Crippen LogP contribution is 2.08. The molecule has 116 valence electrons. The zero-order chi connectivity index (χ0) is 15.7. The van der Waals surface area contributed by atoms with Crippen LogP contribution in [0.15, 0.2) is 24.3 Å². The van der Waals surface area contributed by atoms with Gasteiger partial charge in [0.1, 0.15) is 0 Å². The van der Waals surface area contributed by atoms with Crippen LogP contribution in [0.4, 0.5) is 0 Å². The first-order valence-corrected chi connectivity index (χ1v) is 7.51. The number of carboxylic acid groups (broad SMARTS) is 1. The largest absolute Gasteiger partial charge is 0.478 e. The molecule has 0 aromatic heterocycles. The van der Waals surface area contributed by atoms with Gasteiger partial charge in [-0.2, -0.15) is 0 Å². The fourth-order valence-corrected chi connectivity index (χ4v) is 1.96. The van der Waals surface area contributed by atoms with Crippen molar-refractivity contribution in [1.29, 1.82) is 5.41 Å². The lowest BCUT2D eigenvalue weighted by molar-refractivity contribution is 0.0697. The minimum Gasteiger partial charge on any atom is -0.478 e. The van der Waals surface area contributed by atoms with Crippen molar-refractivity contribution in [1.82, 2.24) is 0 Å². The number of aromatic carboxylic acids is 1. The Kier molecular flexibility index (Phi) is 7.69. The van der Waals surface area contributed by atoms with Gasteiger partial charge in [-0.25, -0.2) is 4.79 Å². The fraction of sp³-hybridized carbons (Fsp3) is 0.529. The molecular weight excluding hydrogens is 266 g/mol. The molecule has 1 atom stereocenters. The van der Waals surface area contributed by atoms with Crippen molar-refractivity contribution < 1.29 is 14.6 Å². The van der Waals surface area contributed by atoms with E-state index in [1.54, 1.807) is 12.1 Å². The summed E-state index contributed by atoms with van der Waals surface area (Å²) in [6.07, 6.45) is 3.50. The summed E-state index contributed by atoms with van der Waals surface area (Å²) < 4.78 is 5.57. The van der Waals surface area contributed by atoms with Crippen LogP contribution < -0.4 is 0 Å². The molecule has 21 heavy (non-hydrogen) atoms. The Morgan fingerprint density at radius 3 is 2.52 bits per heavy atom. The Morgan fingerprint density at radius 2 is 1.95 bits per heavy atom. The van der Waals surface area contributed by atoms with Crippen molar-refractivity contribution >= 4 is 11.7 Å². The molecular formula is C17H25NO3. The minimum atomic E-state index is -0.901. The van der Waals surface area contributed by atoms with Crippen LogP contribution in [-0.4, -0.2) is 30.0 Å². The van der Waals surface area contributed by atoms with E-state index in [1.165, 1.54) is 0 Å². The van der Waals surface area contributed by atoms with E-state index in [0.29, 0.717) is 24.7 Å². The highest BCUT2D eigenvalue weighted by Gasteiger charge is 2.05. The Bertz CT molecular complexity index is 454. The second kappa shape index (κ2) is 9.29. The molecule has 0 aliphatic carbocycles. The maximum atomic E-state index is 10.7. The molecule has 0 bridgehead atoms. The smallest absolute Gasteiger partial charge is 0.335 e. The van der Waals surface area contributed by atoms with Crippen molar-refractivity contribution in [3.05, 3.63) is 35.4 Å². The molecule has 4 heteroatoms. The fourth-order valence-electron chi connectivity index (χ4n) is 1.96. The van der Waals surface area contributed by atoms with Crippen molar-refractivity contribution in [2.45, 2.75) is 39.5 Å². The SMILES string of the molecule is CC[C@@H](C)C(=N)CCCOCCc1ccc(C(=O)O)cc1. The van der Waals surface area contributed by atoms with Gasteiger partial charge in [0, 0.05) is 12.3 Å². The monoisotopic (exact) mass is 291 g/mol. The van der Waals surface area contributed by atoms with Crippen LogP contribution in [0.5, 0.6) is 0 Å². The average molecular weight is 291 g/mol. The average Bonchev–Trinajstić information content (AvgIpc) is 2.50. The van der Waals surface area contributed by atoms with Crippen molar-refractivity contribution in [3.8, 4) is 0 Å². The normalized spacial score (nSPS) is 12.1. The van der Waals surface area contributed by atoms with E-state index in [0.717, 1.165) is 37.0 Å². The second-order valence-corrected chi connectivity index (χ2v) is 5.30. The van der Waals surface area contributed by atoms with E-state index < -0.39 is 5.97 Å². The van der Waals surface area contributed by atoms with E-state index in [9.17, 15) is 4.79 Å². The van der Waals surface area contributed by atoms with Gasteiger partial charge in [0.25, 0.3) is 0 Å². The third-order valence-corrected chi connectivity index (χ3v) is 3.68. The van der Waals surface area contributed by atoms with Gasteiger partial charge in [-0.3, -0.25) is 0 Å². The predicted molar refractivity (Wildman–Crippen MR) is 84.3 cm³/mol. The molecule has 2 N–H and O–H groups in total. The van der Waals surface area contributed by atoms with E-state index in [1.807, 2.05) is 12.1 Å². The first-order chi connectivity index (χ1) is 10.0. The van der Waals surface area contributed by atoms with E-state index in [2.05, 4.69) is 13.8 Å². The Balaban J connectivity index is 2.14. The van der Waals surface area contributed by atoms with Crippen LogP contribution in [0.1, 0.15) is 49.0 Å². The third-order valence-electron chi connectivity index (χ3n) is 3.68. The molecule has 0 unspecified atom stereocenters. The molecule has 0 saturated carbocycles. The van der Waals surface area contributed by atoms with Crippen molar-refractivity contribution in [2.24, 2.45) is 5.92 Å². The van der Waals surface area contributed by atoms with Gasteiger partial charge in [-0.15, -0.1) is 0 Å². The van der Waals surface area contributed by atoms with Crippen LogP contribution in [0, 0.1) is 11.3 Å². The summed E-state index contributed by atoms with van der Waals surface area (Å²) in [6, 6.07) is 6.88. The molecule has 0 spiro atoms. The number of hydrogen-bond acceptors (Lipinski definition) is 3. The molecule has 0 fully saturated rings. The maximum absolute atomic E-state index is 10.7. The molecule has 4 nitrogen and oxygen atoms in total. The standard InChI is InChI=1S/C17H25NO3/c1-3-13(2)16(18)5-4-11-21-12-10-14-6-8-15(9-7-14)17(19)20/h6-9,13,18H,3-5,10-12H2,1-2H3,(H,19,20)/t13-/m1/s1. The molecule has 1 aromatic carbocycles. The molecule has 0 amide bonds. The number of hydrogen-bond donors (Lipinski definition) is 2. The summed E-state index contributed by atoms with van der Waals surface area (Å²) in [5.74, 6) is -0.528. The topological polar surface area (TPSA) is 70.4 Å². The van der Waals surface area contributed by atoms with Gasteiger partial charge >= 0.3 is 5.97 Å². The molecule has 0 heterocycles. The van der Waals surface area contributed by atoms with E-state index in [-0.39, 0.29) is 0 Å². The number of rotatable bonds is 10. The maximum Gasteiger partial charge on any atom is 0.335 e. The van der Waals surface area contributed by atoms with Gasteiger partial charge in [0.05, 0.1) is 12.2 Å². The van der Waals surface area contributed by atoms with Crippen molar-refractivity contribution in [3.63, 3.8) is 0 Å². The Labute approximate surface area is 126 Å². The lowest BCUT2D eigenvalue weighted by Crippen LogP contribution is -2.10. The van der Waals surface area contributed by atoms with Crippen LogP contribution >= 0.6 is 0 Å². The number of ether oxygens (including phenoxy) is 1. The number of benzene rings is 1. The Morgan fingerprint density at radius 1 is 1.29 bits per heavy atom. The lowest BCUT2D eigenvalue weighted by atomic mass is 9.99. The quantitative estimate of drug-likeness (QED) is 0.509. The van der Waals surface area contributed by atoms with Crippen LogP contribution in [-0.2, 0) is 11.2 Å². The van der Waals surface area contributed by atoms with Crippen molar-refractivity contribution in [2.75, 3.05) is 13.2 Å². The zero-order valence-corrected chi connectivity index (χ0v) is 12.9. The van der Waals surface area contributed by atoms with Gasteiger partial charge in [-0.1, -0.05) is 26.0 Å². The number of nitrogens with one attached hydrogen (secondary N) is 1. The molecule has 1 aromatic rings. The summed E-state index contributed by atoms with van der Waals surface area (Å²) in [6.45, 7) is 5.49. The summed E-state index contributed by atoms with van der Waals surface area (Å²) in [7, 11) is 0. The minimum absolute atomic E-state index is 0.309. The number of carbonyl (C=O) groups is 1. The van der Waals surface area contributed by atoms with E-state index in [4.69, 9.17) is 15.3 Å². The highest BCUT2D eigenvalue weighted by atomic mass is 16.5. The summed E-state index contributed by atoms with van der Waals surface area (Å²) >= 11 is 0. The first kappa shape index (κ1) is 17.4. The molecule has 0 aliphatic heterocycles. The third kappa shape index (κ3) is 6.54. The predicted octanol–water partition coefficient (Wildman–Crippen LogP) is 3.79. The summed E-state index contributed by atoms with van der Waals surface area (Å²) in [4.78, 5) is 10.7. The van der Waals surface area contributed by atoms with Gasteiger partial charge in [0.15, 0.2) is 0 Å². The summed E-state index contributed by atoms with van der Waals surface area (Å²) in [5, 5.41) is 16.7.